The first-order valence-electron chi connectivity index (χ1n) is 5.33. The summed E-state index contributed by atoms with van der Waals surface area (Å²) in [6, 6.07) is 3.78. The van der Waals surface area contributed by atoms with Crippen LogP contribution in [0.3, 0.4) is 0 Å². The Hall–Kier alpha value is -2.83. The molecule has 1 heterocycles. The third kappa shape index (κ3) is 2.71. The number of benzene rings is 1. The Bertz CT molecular complexity index is 648. The van der Waals surface area contributed by atoms with Gasteiger partial charge in [0.25, 0.3) is 5.91 Å². The molecule has 1 aromatic heterocycles. The van der Waals surface area contributed by atoms with Gasteiger partial charge in [-0.3, -0.25) is 4.79 Å². The largest absolute Gasteiger partial charge is 0.507 e. The molecule has 2 rings (SSSR count). The Morgan fingerprint density at radius 1 is 1.37 bits per heavy atom. The molecule has 1 aromatic carbocycles. The zero-order valence-corrected chi connectivity index (χ0v) is 9.99. The fraction of sp³-hybridized carbons (Fsp3) is 0.0833. The van der Waals surface area contributed by atoms with E-state index in [0.29, 0.717) is 0 Å². The van der Waals surface area contributed by atoms with Gasteiger partial charge >= 0.3 is 5.97 Å². The van der Waals surface area contributed by atoms with E-state index in [9.17, 15) is 14.7 Å². The van der Waals surface area contributed by atoms with Gasteiger partial charge in [0.15, 0.2) is 0 Å². The highest BCUT2D eigenvalue weighted by atomic mass is 16.4. The maximum Gasteiger partial charge on any atom is 0.339 e. The van der Waals surface area contributed by atoms with Crippen LogP contribution in [0.5, 0.6) is 5.75 Å². The Morgan fingerprint density at radius 3 is 2.63 bits per heavy atom. The summed E-state index contributed by atoms with van der Waals surface area (Å²) in [5.74, 6) is -2.09. The molecule has 0 aliphatic heterocycles. The predicted octanol–water partition coefficient (Wildman–Crippen LogP) is 1.08. The van der Waals surface area contributed by atoms with Crippen molar-refractivity contribution in [2.45, 2.75) is 0 Å². The van der Waals surface area contributed by atoms with E-state index in [2.05, 4.69) is 10.3 Å². The van der Waals surface area contributed by atoms with Crippen molar-refractivity contribution >= 4 is 17.6 Å². The van der Waals surface area contributed by atoms with Crippen LogP contribution in [0, 0.1) is 0 Å². The molecular weight excluding hydrogens is 250 g/mol. The van der Waals surface area contributed by atoms with Crippen LogP contribution in [0.15, 0.2) is 30.7 Å². The second-order valence-electron chi connectivity index (χ2n) is 3.92. The second-order valence-corrected chi connectivity index (χ2v) is 3.92. The molecule has 98 valence electrons. The summed E-state index contributed by atoms with van der Waals surface area (Å²) in [5.41, 5.74) is 0.290. The molecule has 0 spiro atoms. The minimum absolute atomic E-state index is 0.226. The minimum atomic E-state index is -1.24. The lowest BCUT2D eigenvalue weighted by molar-refractivity contribution is 0.0693. The zero-order valence-electron chi connectivity index (χ0n) is 9.99. The van der Waals surface area contributed by atoms with E-state index < -0.39 is 17.6 Å². The lowest BCUT2D eigenvalue weighted by atomic mass is 10.2. The number of phenols is 1. The van der Waals surface area contributed by atoms with Crippen molar-refractivity contribution in [2.24, 2.45) is 7.05 Å². The number of aryl methyl sites for hydroxylation is 1. The molecule has 0 aliphatic rings. The Balaban J connectivity index is 2.18. The molecule has 0 bridgehead atoms. The number of hydrogen-bond acceptors (Lipinski definition) is 4. The number of nitrogens with zero attached hydrogens (tertiary/aromatic N) is 2. The number of carboxylic acid groups (broad SMARTS) is 1. The van der Waals surface area contributed by atoms with Crippen molar-refractivity contribution in [1.82, 2.24) is 9.55 Å². The molecule has 2 aromatic rings. The SMILES string of the molecule is Cn1cnc(C(=O)Nc2ccc(C(=O)O)c(O)c2)c1. The number of rotatable bonds is 3. The first-order chi connectivity index (χ1) is 8.97. The van der Waals surface area contributed by atoms with E-state index in [1.54, 1.807) is 17.8 Å². The average molecular weight is 261 g/mol. The molecular formula is C12H11N3O4. The zero-order chi connectivity index (χ0) is 14.0. The van der Waals surface area contributed by atoms with Gasteiger partial charge in [-0.05, 0) is 12.1 Å². The number of aromatic carboxylic acids is 1. The maximum atomic E-state index is 11.8. The van der Waals surface area contributed by atoms with E-state index in [1.807, 2.05) is 0 Å². The van der Waals surface area contributed by atoms with Crippen LogP contribution >= 0.6 is 0 Å². The number of aromatic nitrogens is 2. The van der Waals surface area contributed by atoms with Crippen LogP contribution in [0.4, 0.5) is 5.69 Å². The molecule has 0 aliphatic carbocycles. The maximum absolute atomic E-state index is 11.8. The van der Waals surface area contributed by atoms with Gasteiger partial charge in [-0.25, -0.2) is 9.78 Å². The average Bonchev–Trinajstić information content (AvgIpc) is 2.75. The molecule has 7 nitrogen and oxygen atoms in total. The summed E-state index contributed by atoms with van der Waals surface area (Å²) in [4.78, 5) is 26.4. The number of aromatic hydroxyl groups is 1. The van der Waals surface area contributed by atoms with Gasteiger partial charge in [0.2, 0.25) is 0 Å². The van der Waals surface area contributed by atoms with E-state index >= 15 is 0 Å². The molecule has 0 saturated carbocycles. The van der Waals surface area contributed by atoms with Crippen LogP contribution in [0.2, 0.25) is 0 Å². The third-order valence-electron chi connectivity index (χ3n) is 2.42. The van der Waals surface area contributed by atoms with Crippen molar-refractivity contribution in [3.63, 3.8) is 0 Å². The van der Waals surface area contributed by atoms with Gasteiger partial charge in [0.1, 0.15) is 17.0 Å². The standard InChI is InChI=1S/C12H11N3O4/c1-15-5-9(13-6-15)11(17)14-7-2-3-8(12(18)19)10(16)4-7/h2-6,16H,1H3,(H,14,17)(H,18,19). The molecule has 1 amide bonds. The van der Waals surface area contributed by atoms with Gasteiger partial charge in [-0.15, -0.1) is 0 Å². The minimum Gasteiger partial charge on any atom is -0.507 e. The Kier molecular flexibility index (Phi) is 3.19. The number of carbonyl (C=O) groups excluding carboxylic acids is 1. The van der Waals surface area contributed by atoms with Crippen molar-refractivity contribution in [2.75, 3.05) is 5.32 Å². The monoisotopic (exact) mass is 261 g/mol. The summed E-state index contributed by atoms with van der Waals surface area (Å²) in [5, 5.41) is 20.8. The number of hydrogen-bond donors (Lipinski definition) is 3. The van der Waals surface area contributed by atoms with Gasteiger partial charge in [-0.2, -0.15) is 0 Å². The molecule has 7 heteroatoms. The molecule has 0 fully saturated rings. The molecule has 19 heavy (non-hydrogen) atoms. The van der Waals surface area contributed by atoms with E-state index in [-0.39, 0.29) is 16.9 Å². The second kappa shape index (κ2) is 4.81. The number of carbonyl (C=O) groups is 2. The number of imidazole rings is 1. The summed E-state index contributed by atoms with van der Waals surface area (Å²) in [7, 11) is 1.73. The molecule has 0 unspecified atom stereocenters. The highest BCUT2D eigenvalue weighted by molar-refractivity contribution is 6.03. The van der Waals surface area contributed by atoms with E-state index in [4.69, 9.17) is 5.11 Å². The van der Waals surface area contributed by atoms with Crippen LogP contribution < -0.4 is 5.32 Å². The van der Waals surface area contributed by atoms with Gasteiger partial charge in [-0.1, -0.05) is 0 Å². The van der Waals surface area contributed by atoms with E-state index in [0.717, 1.165) is 0 Å². The van der Waals surface area contributed by atoms with Crippen molar-refractivity contribution in [3.8, 4) is 5.75 Å². The Labute approximate surface area is 108 Å². The van der Waals surface area contributed by atoms with Gasteiger partial charge in [0, 0.05) is 25.0 Å². The lowest BCUT2D eigenvalue weighted by Gasteiger charge is -2.05. The molecule has 0 atom stereocenters. The van der Waals surface area contributed by atoms with Gasteiger partial charge in [0.05, 0.1) is 6.33 Å². The van der Waals surface area contributed by atoms with Gasteiger partial charge < -0.3 is 20.1 Å². The number of nitrogens with one attached hydrogen (secondary N) is 1. The van der Waals surface area contributed by atoms with Crippen LogP contribution in [-0.2, 0) is 7.05 Å². The van der Waals surface area contributed by atoms with E-state index in [1.165, 1.54) is 24.5 Å². The smallest absolute Gasteiger partial charge is 0.339 e. The molecule has 0 radical (unpaired) electrons. The normalized spacial score (nSPS) is 10.2. The van der Waals surface area contributed by atoms with Crippen molar-refractivity contribution in [3.05, 3.63) is 42.0 Å². The Morgan fingerprint density at radius 2 is 2.11 bits per heavy atom. The summed E-state index contributed by atoms with van der Waals surface area (Å²) in [6.07, 6.45) is 3.03. The quantitative estimate of drug-likeness (QED) is 0.766. The number of amides is 1. The molecule has 3 N–H and O–H groups in total. The number of carboxylic acids is 1. The highest BCUT2D eigenvalue weighted by Crippen LogP contribution is 2.22. The summed E-state index contributed by atoms with van der Waals surface area (Å²) >= 11 is 0. The topological polar surface area (TPSA) is 104 Å². The van der Waals surface area contributed by atoms with Crippen LogP contribution in [-0.4, -0.2) is 31.6 Å². The predicted molar refractivity (Wildman–Crippen MR) is 66.2 cm³/mol. The van der Waals surface area contributed by atoms with Crippen molar-refractivity contribution < 1.29 is 19.8 Å². The first kappa shape index (κ1) is 12.6. The van der Waals surface area contributed by atoms with Crippen LogP contribution in [0.1, 0.15) is 20.8 Å². The fourth-order valence-corrected chi connectivity index (χ4v) is 1.52. The summed E-state index contributed by atoms with van der Waals surface area (Å²) < 4.78 is 1.62. The van der Waals surface area contributed by atoms with Crippen molar-refractivity contribution in [1.29, 1.82) is 0 Å². The fourth-order valence-electron chi connectivity index (χ4n) is 1.52. The molecule has 0 saturated heterocycles. The number of anilines is 1. The third-order valence-corrected chi connectivity index (χ3v) is 2.42. The highest BCUT2D eigenvalue weighted by Gasteiger charge is 2.12. The lowest BCUT2D eigenvalue weighted by Crippen LogP contribution is -2.12. The first-order valence-corrected chi connectivity index (χ1v) is 5.33. The van der Waals surface area contributed by atoms with Crippen LogP contribution in [0.25, 0.3) is 0 Å². The summed E-state index contributed by atoms with van der Waals surface area (Å²) in [6.45, 7) is 0.